The van der Waals surface area contributed by atoms with Crippen molar-refractivity contribution in [3.05, 3.63) is 34.7 Å². The molecule has 0 bridgehead atoms. The molecule has 0 aliphatic carbocycles. The predicted molar refractivity (Wildman–Crippen MR) is 104 cm³/mol. The number of piperidine rings is 1. The highest BCUT2D eigenvalue weighted by molar-refractivity contribution is 7.08. The molecular formula is C18H25N5O3S. The maximum absolute atomic E-state index is 12.9. The zero-order valence-corrected chi connectivity index (χ0v) is 16.4. The first kappa shape index (κ1) is 19.4. The fourth-order valence-corrected chi connectivity index (χ4v) is 3.86. The van der Waals surface area contributed by atoms with E-state index < -0.39 is 5.54 Å². The minimum atomic E-state index is -0.798. The first-order valence-electron chi connectivity index (χ1n) is 8.91. The van der Waals surface area contributed by atoms with Crippen LogP contribution in [0.15, 0.2) is 29.1 Å². The molecule has 1 fully saturated rings. The monoisotopic (exact) mass is 391 g/mol. The van der Waals surface area contributed by atoms with Gasteiger partial charge < -0.3 is 20.3 Å². The molecule has 2 aromatic rings. The van der Waals surface area contributed by atoms with Crippen LogP contribution in [0.4, 0.5) is 5.82 Å². The van der Waals surface area contributed by atoms with Crippen molar-refractivity contribution in [2.24, 2.45) is 7.05 Å². The summed E-state index contributed by atoms with van der Waals surface area (Å²) >= 11 is 1.51. The second-order valence-corrected chi connectivity index (χ2v) is 7.41. The van der Waals surface area contributed by atoms with E-state index in [1.165, 1.54) is 11.3 Å². The fourth-order valence-electron chi connectivity index (χ4n) is 3.23. The number of aryl methyl sites for hydroxylation is 1. The van der Waals surface area contributed by atoms with E-state index in [0.717, 1.165) is 0 Å². The molecule has 146 valence electrons. The van der Waals surface area contributed by atoms with Gasteiger partial charge in [-0.25, -0.2) is 0 Å². The third-order valence-electron chi connectivity index (χ3n) is 4.78. The number of thiophene rings is 1. The highest BCUT2D eigenvalue weighted by atomic mass is 32.1. The molecule has 1 aliphatic rings. The summed E-state index contributed by atoms with van der Waals surface area (Å²) < 4.78 is 6.71. The Morgan fingerprint density at radius 3 is 2.70 bits per heavy atom. The van der Waals surface area contributed by atoms with Crippen LogP contribution in [0.25, 0.3) is 0 Å². The molecule has 1 aliphatic heterocycles. The molecule has 0 saturated carbocycles. The molecule has 3 rings (SSSR count). The minimum absolute atomic E-state index is 0.0162. The Labute approximate surface area is 162 Å². The van der Waals surface area contributed by atoms with Gasteiger partial charge in [-0.2, -0.15) is 16.4 Å². The Hall–Kier alpha value is -2.39. The van der Waals surface area contributed by atoms with Gasteiger partial charge >= 0.3 is 0 Å². The van der Waals surface area contributed by atoms with Gasteiger partial charge in [-0.1, -0.05) is 0 Å². The Morgan fingerprint density at radius 1 is 1.33 bits per heavy atom. The first-order chi connectivity index (χ1) is 13.0. The van der Waals surface area contributed by atoms with E-state index in [9.17, 15) is 9.59 Å². The SMILES string of the molecule is COCCNC(=O)C1(Nc2ccn(C)n2)CCN(C(=O)c2ccsc2)CC1. The highest BCUT2D eigenvalue weighted by Gasteiger charge is 2.42. The topological polar surface area (TPSA) is 88.5 Å². The minimum Gasteiger partial charge on any atom is -0.383 e. The lowest BCUT2D eigenvalue weighted by molar-refractivity contribution is -0.127. The van der Waals surface area contributed by atoms with E-state index in [2.05, 4.69) is 15.7 Å². The van der Waals surface area contributed by atoms with Crippen molar-refractivity contribution in [2.75, 3.05) is 38.7 Å². The van der Waals surface area contributed by atoms with Crippen LogP contribution in [0, 0.1) is 0 Å². The van der Waals surface area contributed by atoms with Crippen LogP contribution >= 0.6 is 11.3 Å². The second kappa shape index (κ2) is 8.53. The standard InChI is InChI=1S/C18H25N5O3S/c1-22-8-3-15(21-22)20-18(17(25)19-7-11-26-2)5-9-23(10-6-18)16(24)14-4-12-27-13-14/h3-4,8,12-13H,5-7,9-11H2,1-2H3,(H,19,25)(H,20,21). The van der Waals surface area contributed by atoms with Crippen molar-refractivity contribution < 1.29 is 14.3 Å². The number of nitrogens with one attached hydrogen (secondary N) is 2. The smallest absolute Gasteiger partial charge is 0.254 e. The molecule has 0 aromatic carbocycles. The number of likely N-dealkylation sites (tertiary alicyclic amines) is 1. The van der Waals surface area contributed by atoms with Gasteiger partial charge in [-0.15, -0.1) is 0 Å². The molecule has 3 heterocycles. The third-order valence-corrected chi connectivity index (χ3v) is 5.46. The number of hydrogen-bond acceptors (Lipinski definition) is 6. The van der Waals surface area contributed by atoms with Gasteiger partial charge in [-0.05, 0) is 24.3 Å². The number of methoxy groups -OCH3 is 1. The normalized spacial score (nSPS) is 16.1. The molecular weight excluding hydrogens is 366 g/mol. The average molecular weight is 391 g/mol. The predicted octanol–water partition coefficient (Wildman–Crippen LogP) is 1.33. The van der Waals surface area contributed by atoms with Gasteiger partial charge in [0.15, 0.2) is 0 Å². The van der Waals surface area contributed by atoms with E-state index in [1.807, 2.05) is 41.0 Å². The lowest BCUT2D eigenvalue weighted by atomic mass is 9.86. The number of rotatable bonds is 7. The van der Waals surface area contributed by atoms with Crippen molar-refractivity contribution in [3.8, 4) is 0 Å². The molecule has 0 unspecified atom stereocenters. The lowest BCUT2D eigenvalue weighted by Gasteiger charge is -2.41. The summed E-state index contributed by atoms with van der Waals surface area (Å²) in [6.45, 7) is 1.91. The van der Waals surface area contributed by atoms with E-state index in [-0.39, 0.29) is 11.8 Å². The summed E-state index contributed by atoms with van der Waals surface area (Å²) in [5, 5.41) is 14.3. The second-order valence-electron chi connectivity index (χ2n) is 6.63. The third kappa shape index (κ3) is 4.48. The number of aromatic nitrogens is 2. The quantitative estimate of drug-likeness (QED) is 0.695. The molecule has 1 saturated heterocycles. The van der Waals surface area contributed by atoms with E-state index in [4.69, 9.17) is 4.74 Å². The van der Waals surface area contributed by atoms with Crippen LogP contribution in [0.2, 0.25) is 0 Å². The zero-order chi connectivity index (χ0) is 19.3. The zero-order valence-electron chi connectivity index (χ0n) is 15.6. The number of nitrogens with zero attached hydrogens (tertiary/aromatic N) is 3. The van der Waals surface area contributed by atoms with Gasteiger partial charge in [0.2, 0.25) is 5.91 Å². The Balaban J connectivity index is 1.71. The summed E-state index contributed by atoms with van der Waals surface area (Å²) in [4.78, 5) is 27.3. The molecule has 0 atom stereocenters. The van der Waals surface area contributed by atoms with Gasteiger partial charge in [-0.3, -0.25) is 14.3 Å². The van der Waals surface area contributed by atoms with Crippen LogP contribution < -0.4 is 10.6 Å². The van der Waals surface area contributed by atoms with Crippen molar-refractivity contribution in [2.45, 2.75) is 18.4 Å². The van der Waals surface area contributed by atoms with Gasteiger partial charge in [0.1, 0.15) is 11.4 Å². The number of carbonyl (C=O) groups excluding carboxylic acids is 2. The molecule has 2 aromatic heterocycles. The van der Waals surface area contributed by atoms with Gasteiger partial charge in [0.25, 0.3) is 5.91 Å². The lowest BCUT2D eigenvalue weighted by Crippen LogP contribution is -2.59. The molecule has 2 amide bonds. The van der Waals surface area contributed by atoms with E-state index in [0.29, 0.717) is 50.5 Å². The maximum Gasteiger partial charge on any atom is 0.254 e. The van der Waals surface area contributed by atoms with Crippen molar-refractivity contribution in [3.63, 3.8) is 0 Å². The Kier molecular flexibility index (Phi) is 6.12. The highest BCUT2D eigenvalue weighted by Crippen LogP contribution is 2.28. The van der Waals surface area contributed by atoms with E-state index in [1.54, 1.807) is 11.8 Å². The molecule has 0 spiro atoms. The Bertz CT molecular complexity index is 766. The van der Waals surface area contributed by atoms with Gasteiger partial charge in [0.05, 0.1) is 12.2 Å². The summed E-state index contributed by atoms with van der Waals surface area (Å²) in [6.07, 6.45) is 2.85. The first-order valence-corrected chi connectivity index (χ1v) is 9.85. The molecule has 2 N–H and O–H groups in total. The average Bonchev–Trinajstić information content (AvgIpc) is 3.34. The van der Waals surface area contributed by atoms with Crippen LogP contribution in [-0.4, -0.2) is 65.4 Å². The van der Waals surface area contributed by atoms with Gasteiger partial charge in [0, 0.05) is 51.4 Å². The fraction of sp³-hybridized carbons (Fsp3) is 0.500. The summed E-state index contributed by atoms with van der Waals surface area (Å²) in [7, 11) is 3.43. The molecule has 8 nitrogen and oxygen atoms in total. The Morgan fingerprint density at radius 2 is 2.11 bits per heavy atom. The van der Waals surface area contributed by atoms with E-state index >= 15 is 0 Å². The van der Waals surface area contributed by atoms with Crippen LogP contribution in [0.1, 0.15) is 23.2 Å². The number of hydrogen-bond donors (Lipinski definition) is 2. The molecule has 0 radical (unpaired) electrons. The summed E-state index contributed by atoms with van der Waals surface area (Å²) in [5.41, 5.74) is -0.0946. The largest absolute Gasteiger partial charge is 0.383 e. The van der Waals surface area contributed by atoms with Crippen LogP contribution in [-0.2, 0) is 16.6 Å². The maximum atomic E-state index is 12.9. The number of ether oxygens (including phenoxy) is 1. The number of amides is 2. The van der Waals surface area contributed by atoms with Crippen molar-refractivity contribution in [1.29, 1.82) is 0 Å². The van der Waals surface area contributed by atoms with Crippen LogP contribution in [0.5, 0.6) is 0 Å². The number of carbonyl (C=O) groups is 2. The molecule has 27 heavy (non-hydrogen) atoms. The summed E-state index contributed by atoms with van der Waals surface area (Å²) in [6, 6.07) is 3.67. The van der Waals surface area contributed by atoms with Crippen molar-refractivity contribution >= 4 is 29.0 Å². The van der Waals surface area contributed by atoms with Crippen molar-refractivity contribution in [1.82, 2.24) is 20.0 Å². The number of anilines is 1. The summed E-state index contributed by atoms with van der Waals surface area (Å²) in [5.74, 6) is 0.576. The molecule has 9 heteroatoms. The van der Waals surface area contributed by atoms with Crippen LogP contribution in [0.3, 0.4) is 0 Å².